The van der Waals surface area contributed by atoms with Gasteiger partial charge in [-0.2, -0.15) is 5.10 Å². The van der Waals surface area contributed by atoms with E-state index in [1.54, 1.807) is 6.20 Å². The Morgan fingerprint density at radius 1 is 1.38 bits per heavy atom. The average molecular weight is 217 g/mol. The second-order valence-corrected chi connectivity index (χ2v) is 3.78. The number of nitrogens with zero attached hydrogens (tertiary/aromatic N) is 3. The molecule has 0 spiro atoms. The van der Waals surface area contributed by atoms with Crippen LogP contribution in [0.15, 0.2) is 24.4 Å². The van der Waals surface area contributed by atoms with Gasteiger partial charge in [0, 0.05) is 11.9 Å². The molecule has 0 fully saturated rings. The van der Waals surface area contributed by atoms with Gasteiger partial charge in [-0.1, -0.05) is 0 Å². The Hall–Kier alpha value is -1.88. The highest BCUT2D eigenvalue weighted by Gasteiger charge is 2.02. The lowest BCUT2D eigenvalue weighted by atomic mass is 10.2. The highest BCUT2D eigenvalue weighted by Crippen LogP contribution is 2.09. The van der Waals surface area contributed by atoms with E-state index in [2.05, 4.69) is 21.6 Å². The van der Waals surface area contributed by atoms with Gasteiger partial charge in [0.2, 0.25) is 0 Å². The van der Waals surface area contributed by atoms with Gasteiger partial charge in [-0.3, -0.25) is 4.68 Å². The summed E-state index contributed by atoms with van der Waals surface area (Å²) in [6.07, 6.45) is 1.73. The van der Waals surface area contributed by atoms with Crippen molar-refractivity contribution in [2.24, 2.45) is 5.84 Å². The fourth-order valence-electron chi connectivity index (χ4n) is 1.66. The van der Waals surface area contributed by atoms with Gasteiger partial charge in [-0.05, 0) is 37.6 Å². The van der Waals surface area contributed by atoms with Gasteiger partial charge in [-0.25, -0.2) is 10.8 Å². The minimum absolute atomic E-state index is 0.666. The molecule has 2 aromatic rings. The molecule has 0 amide bonds. The van der Waals surface area contributed by atoms with Gasteiger partial charge in [0.25, 0.3) is 0 Å². The minimum atomic E-state index is 0.666. The van der Waals surface area contributed by atoms with Crippen LogP contribution < -0.4 is 11.3 Å². The zero-order valence-electron chi connectivity index (χ0n) is 9.44. The number of rotatable bonds is 3. The molecule has 84 valence electrons. The Morgan fingerprint density at radius 3 is 2.81 bits per heavy atom. The molecule has 0 atom stereocenters. The number of hydrazine groups is 1. The van der Waals surface area contributed by atoms with Crippen molar-refractivity contribution in [3.05, 3.63) is 41.3 Å². The third-order valence-corrected chi connectivity index (χ3v) is 2.41. The van der Waals surface area contributed by atoms with Crippen molar-refractivity contribution in [1.82, 2.24) is 14.8 Å². The lowest BCUT2D eigenvalue weighted by molar-refractivity contribution is 0.658. The molecule has 0 saturated heterocycles. The first-order chi connectivity index (χ1) is 7.69. The number of hydrogen-bond acceptors (Lipinski definition) is 4. The SMILES string of the molecule is Cc1cc(C)n(Cc2ccnc(NN)c2)n1. The molecule has 0 aliphatic carbocycles. The van der Waals surface area contributed by atoms with E-state index in [-0.39, 0.29) is 0 Å². The van der Waals surface area contributed by atoms with Gasteiger partial charge in [0.15, 0.2) is 0 Å². The quantitative estimate of drug-likeness (QED) is 0.599. The predicted molar refractivity (Wildman–Crippen MR) is 62.9 cm³/mol. The first-order valence-electron chi connectivity index (χ1n) is 5.11. The summed E-state index contributed by atoms with van der Waals surface area (Å²) < 4.78 is 1.96. The number of anilines is 1. The van der Waals surface area contributed by atoms with E-state index in [1.165, 1.54) is 0 Å². The molecule has 16 heavy (non-hydrogen) atoms. The molecule has 3 N–H and O–H groups in total. The molecule has 0 saturated carbocycles. The minimum Gasteiger partial charge on any atom is -0.308 e. The van der Waals surface area contributed by atoms with Crippen molar-refractivity contribution in [1.29, 1.82) is 0 Å². The lowest BCUT2D eigenvalue weighted by Crippen LogP contribution is -2.10. The lowest BCUT2D eigenvalue weighted by Gasteiger charge is -2.06. The second kappa shape index (κ2) is 4.32. The number of hydrogen-bond donors (Lipinski definition) is 2. The molecule has 5 nitrogen and oxygen atoms in total. The summed E-state index contributed by atoms with van der Waals surface area (Å²) in [5.41, 5.74) is 5.83. The Labute approximate surface area is 94.3 Å². The topological polar surface area (TPSA) is 68.8 Å². The van der Waals surface area contributed by atoms with Gasteiger partial charge in [0.05, 0.1) is 12.2 Å². The van der Waals surface area contributed by atoms with Crippen molar-refractivity contribution >= 4 is 5.82 Å². The molecule has 0 radical (unpaired) electrons. The van der Waals surface area contributed by atoms with Crippen LogP contribution >= 0.6 is 0 Å². The van der Waals surface area contributed by atoms with E-state index in [9.17, 15) is 0 Å². The van der Waals surface area contributed by atoms with Gasteiger partial charge in [-0.15, -0.1) is 0 Å². The summed E-state index contributed by atoms with van der Waals surface area (Å²) >= 11 is 0. The Bertz CT molecular complexity index is 489. The van der Waals surface area contributed by atoms with Gasteiger partial charge >= 0.3 is 0 Å². The molecule has 0 bridgehead atoms. The second-order valence-electron chi connectivity index (χ2n) is 3.78. The summed E-state index contributed by atoms with van der Waals surface area (Å²) in [7, 11) is 0. The van der Waals surface area contributed by atoms with Gasteiger partial charge < -0.3 is 5.43 Å². The van der Waals surface area contributed by atoms with Crippen molar-refractivity contribution in [2.45, 2.75) is 20.4 Å². The molecule has 0 unspecified atom stereocenters. The van der Waals surface area contributed by atoms with Crippen LogP contribution in [0.3, 0.4) is 0 Å². The highest BCUT2D eigenvalue weighted by atomic mass is 15.3. The van der Waals surface area contributed by atoms with Crippen LogP contribution in [0.4, 0.5) is 5.82 Å². The Kier molecular flexibility index (Phi) is 2.87. The molecule has 0 aliphatic rings. The number of aryl methyl sites for hydroxylation is 2. The molecule has 2 rings (SSSR count). The van der Waals surface area contributed by atoms with E-state index in [4.69, 9.17) is 5.84 Å². The van der Waals surface area contributed by atoms with Crippen LogP contribution in [0.1, 0.15) is 17.0 Å². The number of aromatic nitrogens is 3. The van der Waals surface area contributed by atoms with Crippen LogP contribution in [0.25, 0.3) is 0 Å². The summed E-state index contributed by atoms with van der Waals surface area (Å²) in [4.78, 5) is 4.06. The van der Waals surface area contributed by atoms with Crippen LogP contribution in [-0.2, 0) is 6.54 Å². The van der Waals surface area contributed by atoms with Crippen LogP contribution in [0.2, 0.25) is 0 Å². The Morgan fingerprint density at radius 2 is 2.19 bits per heavy atom. The normalized spacial score (nSPS) is 10.4. The highest BCUT2D eigenvalue weighted by molar-refractivity contribution is 5.36. The fraction of sp³-hybridized carbons (Fsp3) is 0.273. The third kappa shape index (κ3) is 2.20. The maximum Gasteiger partial charge on any atom is 0.140 e. The van der Waals surface area contributed by atoms with Crippen LogP contribution in [0, 0.1) is 13.8 Å². The summed E-state index contributed by atoms with van der Waals surface area (Å²) in [5.74, 6) is 5.98. The third-order valence-electron chi connectivity index (χ3n) is 2.41. The molecule has 0 aliphatic heterocycles. The van der Waals surface area contributed by atoms with Crippen molar-refractivity contribution in [2.75, 3.05) is 5.43 Å². The molecule has 2 heterocycles. The van der Waals surface area contributed by atoms with Crippen LogP contribution in [-0.4, -0.2) is 14.8 Å². The van der Waals surface area contributed by atoms with E-state index >= 15 is 0 Å². The molecular formula is C11H15N5. The zero-order valence-corrected chi connectivity index (χ0v) is 9.44. The smallest absolute Gasteiger partial charge is 0.140 e. The largest absolute Gasteiger partial charge is 0.308 e. The van der Waals surface area contributed by atoms with E-state index in [1.807, 2.05) is 30.7 Å². The predicted octanol–water partition coefficient (Wildman–Crippen LogP) is 1.23. The first-order valence-corrected chi connectivity index (χ1v) is 5.11. The fourth-order valence-corrected chi connectivity index (χ4v) is 1.66. The maximum absolute atomic E-state index is 5.31. The maximum atomic E-state index is 5.31. The van der Waals surface area contributed by atoms with Crippen LogP contribution in [0.5, 0.6) is 0 Å². The van der Waals surface area contributed by atoms with E-state index in [0.717, 1.165) is 23.5 Å². The molecule has 2 aromatic heterocycles. The number of nitrogens with two attached hydrogens (primary N) is 1. The average Bonchev–Trinajstić information content (AvgIpc) is 2.58. The summed E-state index contributed by atoms with van der Waals surface area (Å²) in [5, 5.41) is 4.41. The molecule has 0 aromatic carbocycles. The molecular weight excluding hydrogens is 202 g/mol. The van der Waals surface area contributed by atoms with Crippen molar-refractivity contribution in [3.63, 3.8) is 0 Å². The summed E-state index contributed by atoms with van der Waals surface area (Å²) in [6, 6.07) is 5.93. The number of nitrogen functional groups attached to an aromatic ring is 1. The van der Waals surface area contributed by atoms with Crippen molar-refractivity contribution in [3.8, 4) is 0 Å². The standard InChI is InChI=1S/C11H15N5/c1-8-5-9(2)16(15-8)7-10-3-4-13-11(6-10)14-12/h3-6H,7,12H2,1-2H3,(H,13,14). The van der Waals surface area contributed by atoms with E-state index < -0.39 is 0 Å². The first kappa shape index (κ1) is 10.6. The number of nitrogens with one attached hydrogen (secondary N) is 1. The Balaban J connectivity index is 2.23. The number of pyridine rings is 1. The zero-order chi connectivity index (χ0) is 11.5. The molecule has 5 heteroatoms. The monoisotopic (exact) mass is 217 g/mol. The summed E-state index contributed by atoms with van der Waals surface area (Å²) in [6.45, 7) is 4.77. The van der Waals surface area contributed by atoms with Gasteiger partial charge in [0.1, 0.15) is 5.82 Å². The van der Waals surface area contributed by atoms with Crippen molar-refractivity contribution < 1.29 is 0 Å². The van der Waals surface area contributed by atoms with E-state index in [0.29, 0.717) is 5.82 Å².